The molecule has 1 N–H and O–H groups in total. The minimum atomic E-state index is -0.759. The quantitative estimate of drug-likeness (QED) is 0.294. The zero-order chi connectivity index (χ0) is 4.28. The molecule has 4 heteroatoms. The molecule has 0 spiro atoms. The van der Waals surface area contributed by atoms with Gasteiger partial charge in [0.25, 0.3) is 0 Å². The van der Waals surface area contributed by atoms with Crippen LogP contribution in [0.1, 0.15) is 0 Å². The first-order valence-corrected chi connectivity index (χ1v) is 2.57. The van der Waals surface area contributed by atoms with Crippen LogP contribution >= 0.6 is 22.6 Å². The van der Waals surface area contributed by atoms with Crippen LogP contribution in [0.2, 0.25) is 0 Å². The molecular formula is C2H3INaO2+. The average molecular weight is 209 g/mol. The fourth-order valence-electron chi connectivity index (χ4n) is 0. The molecule has 0 heterocycles. The molecule has 6 heavy (non-hydrogen) atoms. The fraction of sp³-hybridized carbons (Fsp3) is 0.500. The molecule has 30 valence electrons. The largest absolute Gasteiger partial charge is 1.00 e. The van der Waals surface area contributed by atoms with E-state index in [1.807, 2.05) is 0 Å². The molecule has 0 saturated heterocycles. The van der Waals surface area contributed by atoms with Gasteiger partial charge in [-0.2, -0.15) is 0 Å². The molecule has 0 atom stereocenters. The second-order valence-electron chi connectivity index (χ2n) is 0.527. The summed E-state index contributed by atoms with van der Waals surface area (Å²) in [6, 6.07) is 0. The number of halogens is 1. The van der Waals surface area contributed by atoms with Gasteiger partial charge in [0.05, 0.1) is 4.43 Å². The average Bonchev–Trinajstić information content (AvgIpc) is 1.38. The van der Waals surface area contributed by atoms with Crippen LogP contribution in [0.3, 0.4) is 0 Å². The Morgan fingerprint density at radius 1 is 1.83 bits per heavy atom. The molecule has 0 fully saturated rings. The second-order valence-corrected chi connectivity index (χ2v) is 1.29. The van der Waals surface area contributed by atoms with Gasteiger partial charge in [0.2, 0.25) is 0 Å². The van der Waals surface area contributed by atoms with Crippen LogP contribution in [-0.2, 0) is 4.79 Å². The van der Waals surface area contributed by atoms with Crippen LogP contribution in [0.5, 0.6) is 0 Å². The molecule has 0 aliphatic carbocycles. The molecular weight excluding hydrogens is 206 g/mol. The first-order chi connectivity index (χ1) is 2.27. The van der Waals surface area contributed by atoms with E-state index in [9.17, 15) is 4.79 Å². The molecule has 0 aromatic carbocycles. The number of carbonyl (C=O) groups is 1. The summed E-state index contributed by atoms with van der Waals surface area (Å²) in [6.07, 6.45) is 0. The summed E-state index contributed by atoms with van der Waals surface area (Å²) < 4.78 is 0.192. The smallest absolute Gasteiger partial charge is 0.481 e. The number of hydrogen-bond acceptors (Lipinski definition) is 1. The number of carboxylic acids is 1. The predicted octanol–water partition coefficient (Wildman–Crippen LogP) is -2.49. The zero-order valence-corrected chi connectivity index (χ0v) is 7.60. The Hall–Kier alpha value is 1.20. The zero-order valence-electron chi connectivity index (χ0n) is 3.44. The van der Waals surface area contributed by atoms with Gasteiger partial charge < -0.3 is 5.11 Å². The summed E-state index contributed by atoms with van der Waals surface area (Å²) in [6.45, 7) is 0. The van der Waals surface area contributed by atoms with Crippen molar-refractivity contribution in [3.8, 4) is 0 Å². The minimum Gasteiger partial charge on any atom is -0.481 e. The summed E-state index contributed by atoms with van der Waals surface area (Å²) in [7, 11) is 0. The maximum absolute atomic E-state index is 9.36. The van der Waals surface area contributed by atoms with E-state index in [4.69, 9.17) is 5.11 Å². The van der Waals surface area contributed by atoms with Crippen molar-refractivity contribution in [3.05, 3.63) is 0 Å². The summed E-state index contributed by atoms with van der Waals surface area (Å²) in [5, 5.41) is 7.71. The fourth-order valence-corrected chi connectivity index (χ4v) is 0. The first-order valence-electron chi connectivity index (χ1n) is 1.05. The van der Waals surface area contributed by atoms with Crippen LogP contribution in [0.25, 0.3) is 0 Å². The number of carboxylic acid groups (broad SMARTS) is 1. The molecule has 0 aromatic rings. The van der Waals surface area contributed by atoms with E-state index in [1.165, 1.54) is 0 Å². The van der Waals surface area contributed by atoms with Crippen LogP contribution in [0.4, 0.5) is 0 Å². The van der Waals surface area contributed by atoms with Gasteiger partial charge in [0, 0.05) is 0 Å². The molecule has 0 bridgehead atoms. The maximum Gasteiger partial charge on any atom is 1.00 e. The minimum absolute atomic E-state index is 0. The van der Waals surface area contributed by atoms with Crippen molar-refractivity contribution >= 4 is 28.6 Å². The van der Waals surface area contributed by atoms with Gasteiger partial charge in [-0.3, -0.25) is 4.79 Å². The van der Waals surface area contributed by atoms with Crippen molar-refractivity contribution < 1.29 is 39.5 Å². The van der Waals surface area contributed by atoms with Crippen molar-refractivity contribution in [2.75, 3.05) is 4.43 Å². The van der Waals surface area contributed by atoms with Gasteiger partial charge >= 0.3 is 35.5 Å². The van der Waals surface area contributed by atoms with E-state index in [0.717, 1.165) is 0 Å². The van der Waals surface area contributed by atoms with Gasteiger partial charge in [-0.15, -0.1) is 0 Å². The van der Waals surface area contributed by atoms with E-state index in [-0.39, 0.29) is 34.0 Å². The third-order valence-corrected chi connectivity index (χ3v) is 0.767. The summed E-state index contributed by atoms with van der Waals surface area (Å²) in [4.78, 5) is 9.36. The van der Waals surface area contributed by atoms with Gasteiger partial charge in [-0.05, 0) is 0 Å². The Morgan fingerprint density at radius 3 is 2.00 bits per heavy atom. The summed E-state index contributed by atoms with van der Waals surface area (Å²) in [5.74, 6) is -0.759. The van der Waals surface area contributed by atoms with Gasteiger partial charge in [0.1, 0.15) is 0 Å². The Balaban J connectivity index is 0. The van der Waals surface area contributed by atoms with Gasteiger partial charge in [0.15, 0.2) is 0 Å². The van der Waals surface area contributed by atoms with E-state index >= 15 is 0 Å². The van der Waals surface area contributed by atoms with Crippen molar-refractivity contribution in [2.45, 2.75) is 0 Å². The number of alkyl halides is 1. The van der Waals surface area contributed by atoms with E-state index in [1.54, 1.807) is 22.6 Å². The molecule has 0 aliphatic heterocycles. The molecule has 0 saturated carbocycles. The van der Waals surface area contributed by atoms with Crippen LogP contribution < -0.4 is 29.6 Å². The van der Waals surface area contributed by atoms with Crippen LogP contribution in [0, 0.1) is 0 Å². The Kier molecular flexibility index (Phi) is 10.6. The topological polar surface area (TPSA) is 37.3 Å². The molecule has 0 amide bonds. The van der Waals surface area contributed by atoms with Gasteiger partial charge in [-0.25, -0.2) is 0 Å². The molecule has 0 aliphatic rings. The number of aliphatic carboxylic acids is 1. The standard InChI is InChI=1S/C2H3IO2.Na/c3-1-2(4)5;/h1H2,(H,4,5);/q;+1. The molecule has 0 rings (SSSR count). The summed E-state index contributed by atoms with van der Waals surface area (Å²) in [5.41, 5.74) is 0. The molecule has 0 radical (unpaired) electrons. The van der Waals surface area contributed by atoms with E-state index < -0.39 is 5.97 Å². The van der Waals surface area contributed by atoms with Gasteiger partial charge in [-0.1, -0.05) is 22.6 Å². The number of rotatable bonds is 1. The Morgan fingerprint density at radius 2 is 2.00 bits per heavy atom. The predicted molar refractivity (Wildman–Crippen MR) is 26.5 cm³/mol. The van der Waals surface area contributed by atoms with Crippen LogP contribution in [0.15, 0.2) is 0 Å². The van der Waals surface area contributed by atoms with Crippen molar-refractivity contribution in [2.24, 2.45) is 0 Å². The molecule has 0 unspecified atom stereocenters. The Bertz CT molecular complexity index is 46.8. The molecule has 0 aromatic heterocycles. The van der Waals surface area contributed by atoms with Crippen molar-refractivity contribution in [1.29, 1.82) is 0 Å². The SMILES string of the molecule is O=C(O)CI.[Na+]. The van der Waals surface area contributed by atoms with E-state index in [0.29, 0.717) is 0 Å². The third kappa shape index (κ3) is 8.96. The first kappa shape index (κ1) is 10.2. The van der Waals surface area contributed by atoms with Crippen molar-refractivity contribution in [1.82, 2.24) is 0 Å². The summed E-state index contributed by atoms with van der Waals surface area (Å²) >= 11 is 1.78. The number of hydrogen-bond donors (Lipinski definition) is 1. The van der Waals surface area contributed by atoms with E-state index in [2.05, 4.69) is 0 Å². The van der Waals surface area contributed by atoms with Crippen LogP contribution in [-0.4, -0.2) is 15.5 Å². The monoisotopic (exact) mass is 209 g/mol. The Labute approximate surface area is 71.7 Å². The maximum atomic E-state index is 9.36. The molecule has 2 nitrogen and oxygen atoms in total. The second kappa shape index (κ2) is 6.20. The van der Waals surface area contributed by atoms with Crippen molar-refractivity contribution in [3.63, 3.8) is 0 Å². The third-order valence-electron chi connectivity index (χ3n) is 0.114. The normalized spacial score (nSPS) is 6.17.